The Kier molecular flexibility index (Phi) is 6.10. The number of aromatic amines is 1. The first-order valence-electron chi connectivity index (χ1n) is 8.56. The highest BCUT2D eigenvalue weighted by molar-refractivity contribution is 7.93. The lowest BCUT2D eigenvalue weighted by atomic mass is 10.4. The lowest BCUT2D eigenvalue weighted by Gasteiger charge is -2.21. The number of aromatic nitrogens is 5. The number of pyridine rings is 1. The first-order valence-corrected chi connectivity index (χ1v) is 10.0. The molecular formula is C17H17N7O6S. The van der Waals surface area contributed by atoms with Crippen LogP contribution < -0.4 is 14.4 Å². The molecule has 2 N–H and O–H groups in total. The maximum atomic E-state index is 13.3. The van der Waals surface area contributed by atoms with Crippen molar-refractivity contribution in [3.63, 3.8) is 0 Å². The van der Waals surface area contributed by atoms with Crippen molar-refractivity contribution in [2.45, 2.75) is 11.9 Å². The predicted molar refractivity (Wildman–Crippen MR) is 106 cm³/mol. The Hall–Kier alpha value is -4.07. The molecule has 3 aromatic heterocycles. The maximum Gasteiger partial charge on any atom is 0.344 e. The molecule has 13 nitrogen and oxygen atoms in total. The lowest BCUT2D eigenvalue weighted by molar-refractivity contribution is 0.0596. The number of H-pyrrole nitrogens is 1. The van der Waals surface area contributed by atoms with Gasteiger partial charge in [0.05, 0.1) is 20.4 Å². The van der Waals surface area contributed by atoms with E-state index in [1.165, 1.54) is 37.6 Å². The fourth-order valence-corrected chi connectivity index (χ4v) is 3.86. The summed E-state index contributed by atoms with van der Waals surface area (Å²) in [7, 11) is -2.23. The van der Waals surface area contributed by atoms with Crippen LogP contribution in [0.2, 0.25) is 0 Å². The quantitative estimate of drug-likeness (QED) is 0.522. The van der Waals surface area contributed by atoms with Crippen molar-refractivity contribution in [2.24, 2.45) is 0 Å². The maximum absolute atomic E-state index is 13.3. The number of hydrogen-bond donors (Lipinski definition) is 2. The molecular weight excluding hydrogens is 430 g/mol. The molecule has 0 atom stereocenters. The number of hydrogen-bond acceptors (Lipinski definition) is 10. The summed E-state index contributed by atoms with van der Waals surface area (Å²) in [6, 6.07) is 4.69. The largest absolute Gasteiger partial charge is 0.481 e. The number of carbonyl (C=O) groups is 2. The number of aryl methyl sites for hydroxylation is 1. The fourth-order valence-electron chi connectivity index (χ4n) is 2.47. The number of amides is 2. The van der Waals surface area contributed by atoms with Crippen LogP contribution in [-0.2, 0) is 14.8 Å². The van der Waals surface area contributed by atoms with Crippen LogP contribution >= 0.6 is 0 Å². The van der Waals surface area contributed by atoms with Gasteiger partial charge in [-0.25, -0.2) is 19.6 Å². The highest BCUT2D eigenvalue weighted by atomic mass is 32.2. The number of nitrogens with zero attached hydrogens (tertiary/aromatic N) is 5. The van der Waals surface area contributed by atoms with Gasteiger partial charge in [-0.15, -0.1) is 0 Å². The van der Waals surface area contributed by atoms with Gasteiger partial charge in [-0.1, -0.05) is 6.07 Å². The van der Waals surface area contributed by atoms with Crippen LogP contribution in [0.4, 0.5) is 16.6 Å². The molecule has 31 heavy (non-hydrogen) atoms. The number of ether oxygens (including phenoxy) is 2. The van der Waals surface area contributed by atoms with E-state index in [2.05, 4.69) is 35.2 Å². The number of rotatable bonds is 6. The van der Waals surface area contributed by atoms with Crippen LogP contribution in [0, 0.1) is 6.92 Å². The summed E-state index contributed by atoms with van der Waals surface area (Å²) < 4.78 is 36.6. The zero-order valence-corrected chi connectivity index (χ0v) is 17.4. The average Bonchev–Trinajstić information content (AvgIpc) is 3.24. The number of anilines is 2. The third kappa shape index (κ3) is 4.42. The molecule has 3 rings (SSSR count). The van der Waals surface area contributed by atoms with Crippen molar-refractivity contribution >= 4 is 33.8 Å². The summed E-state index contributed by atoms with van der Waals surface area (Å²) in [6.07, 6.45) is 2.27. The van der Waals surface area contributed by atoms with Gasteiger partial charge in [-0.2, -0.15) is 22.8 Å². The van der Waals surface area contributed by atoms with Gasteiger partial charge < -0.3 is 9.47 Å². The molecule has 0 aromatic carbocycles. The fraction of sp³-hybridized carbons (Fsp3) is 0.176. The van der Waals surface area contributed by atoms with Gasteiger partial charge in [0.2, 0.25) is 11.8 Å². The van der Waals surface area contributed by atoms with Crippen molar-refractivity contribution < 1.29 is 27.5 Å². The molecule has 0 aliphatic rings. The van der Waals surface area contributed by atoms with Crippen molar-refractivity contribution in [3.8, 4) is 5.88 Å². The minimum Gasteiger partial charge on any atom is -0.481 e. The van der Waals surface area contributed by atoms with Gasteiger partial charge >= 0.3 is 12.0 Å². The zero-order chi connectivity index (χ0) is 22.6. The van der Waals surface area contributed by atoms with E-state index >= 15 is 0 Å². The molecule has 0 unspecified atom stereocenters. The SMILES string of the molecule is COC(=O)c1cn[nH]c1S(=O)(=O)N(C(=O)Nc1nc(C)cc(OC)n1)c1ccccn1. The molecule has 14 heteroatoms. The van der Waals surface area contributed by atoms with E-state index in [-0.39, 0.29) is 23.2 Å². The van der Waals surface area contributed by atoms with Gasteiger partial charge in [-0.05, 0) is 19.1 Å². The number of carbonyl (C=O) groups excluding carboxylic acids is 2. The summed E-state index contributed by atoms with van der Waals surface area (Å²) in [5.74, 6) is -1.24. The van der Waals surface area contributed by atoms with Crippen molar-refractivity contribution in [1.29, 1.82) is 0 Å². The Bertz CT molecular complexity index is 1210. The summed E-state index contributed by atoms with van der Waals surface area (Å²) in [4.78, 5) is 36.9. The Morgan fingerprint density at radius 1 is 1.19 bits per heavy atom. The van der Waals surface area contributed by atoms with Crippen molar-refractivity contribution in [3.05, 3.63) is 47.9 Å². The van der Waals surface area contributed by atoms with E-state index in [9.17, 15) is 18.0 Å². The summed E-state index contributed by atoms with van der Waals surface area (Å²) in [6.45, 7) is 1.64. The third-order valence-corrected chi connectivity index (χ3v) is 5.47. The summed E-state index contributed by atoms with van der Waals surface area (Å²) in [5.41, 5.74) is 0.0839. The van der Waals surface area contributed by atoms with Gasteiger partial charge in [0.15, 0.2) is 10.8 Å². The van der Waals surface area contributed by atoms with Crippen LogP contribution in [0.5, 0.6) is 5.88 Å². The standard InChI is InChI=1S/C17H17N7O6S/c1-10-8-13(29-2)21-16(20-10)22-17(26)24(12-6-4-5-7-18-12)31(27,28)14-11(9-19-23-14)15(25)30-3/h4-9H,1-3H3,(H,19,23)(H,20,21,22,26). The lowest BCUT2D eigenvalue weighted by Crippen LogP contribution is -2.41. The number of sulfonamides is 1. The van der Waals surface area contributed by atoms with E-state index < -0.39 is 27.0 Å². The average molecular weight is 447 g/mol. The molecule has 0 bridgehead atoms. The normalized spacial score (nSPS) is 10.9. The molecule has 3 aromatic rings. The summed E-state index contributed by atoms with van der Waals surface area (Å²) >= 11 is 0. The molecule has 162 valence electrons. The predicted octanol–water partition coefficient (Wildman–Crippen LogP) is 1.13. The Balaban J connectivity index is 2.08. The van der Waals surface area contributed by atoms with Crippen LogP contribution in [0.15, 0.2) is 41.7 Å². The molecule has 2 amide bonds. The Labute approximate surface area is 176 Å². The van der Waals surface area contributed by atoms with Gasteiger partial charge in [0.25, 0.3) is 10.0 Å². The zero-order valence-electron chi connectivity index (χ0n) is 16.6. The third-order valence-electron chi connectivity index (χ3n) is 3.81. The molecule has 0 radical (unpaired) electrons. The first kappa shape index (κ1) is 21.6. The monoisotopic (exact) mass is 447 g/mol. The summed E-state index contributed by atoms with van der Waals surface area (Å²) in [5, 5.41) is 7.46. The van der Waals surface area contributed by atoms with E-state index in [0.717, 1.165) is 13.3 Å². The van der Waals surface area contributed by atoms with E-state index in [1.807, 2.05) is 0 Å². The second kappa shape index (κ2) is 8.74. The van der Waals surface area contributed by atoms with E-state index in [1.54, 1.807) is 6.92 Å². The van der Waals surface area contributed by atoms with Gasteiger partial charge in [-0.3, -0.25) is 10.4 Å². The van der Waals surface area contributed by atoms with E-state index in [4.69, 9.17) is 4.74 Å². The molecule has 0 spiro atoms. The van der Waals surface area contributed by atoms with Crippen LogP contribution in [0.25, 0.3) is 0 Å². The number of nitrogens with one attached hydrogen (secondary N) is 2. The molecule has 0 aliphatic heterocycles. The topological polar surface area (TPSA) is 169 Å². The van der Waals surface area contributed by atoms with E-state index in [0.29, 0.717) is 10.00 Å². The number of urea groups is 1. The minimum absolute atomic E-state index is 0.164. The molecule has 0 saturated heterocycles. The highest BCUT2D eigenvalue weighted by Gasteiger charge is 2.37. The van der Waals surface area contributed by atoms with Crippen molar-refractivity contribution in [2.75, 3.05) is 23.8 Å². The van der Waals surface area contributed by atoms with Gasteiger partial charge in [0, 0.05) is 18.0 Å². The number of esters is 1. The second-order valence-electron chi connectivity index (χ2n) is 5.87. The van der Waals surface area contributed by atoms with Gasteiger partial charge in [0.1, 0.15) is 5.56 Å². The van der Waals surface area contributed by atoms with Crippen LogP contribution in [0.3, 0.4) is 0 Å². The molecule has 0 saturated carbocycles. The second-order valence-corrected chi connectivity index (χ2v) is 7.59. The van der Waals surface area contributed by atoms with Crippen LogP contribution in [0.1, 0.15) is 16.1 Å². The number of methoxy groups -OCH3 is 2. The minimum atomic E-state index is -4.69. The van der Waals surface area contributed by atoms with Crippen molar-refractivity contribution in [1.82, 2.24) is 25.1 Å². The molecule has 0 fully saturated rings. The smallest absolute Gasteiger partial charge is 0.344 e. The Morgan fingerprint density at radius 2 is 1.97 bits per heavy atom. The molecule has 3 heterocycles. The molecule has 0 aliphatic carbocycles. The Morgan fingerprint density at radius 3 is 2.61 bits per heavy atom. The van der Waals surface area contributed by atoms with Crippen LogP contribution in [-0.4, -0.2) is 59.8 Å². The highest BCUT2D eigenvalue weighted by Crippen LogP contribution is 2.24. The first-order chi connectivity index (χ1) is 14.8.